The molecule has 5 heteroatoms. The highest BCUT2D eigenvalue weighted by Gasteiger charge is 2.28. The van der Waals surface area contributed by atoms with Gasteiger partial charge in [0.2, 0.25) is 0 Å². The van der Waals surface area contributed by atoms with Crippen LogP contribution in [0.25, 0.3) is 0 Å². The molecule has 1 atom stereocenters. The van der Waals surface area contributed by atoms with Crippen LogP contribution in [0, 0.1) is 0 Å². The highest BCUT2D eigenvalue weighted by atomic mass is 16.5. The largest absolute Gasteiger partial charge is 0.493 e. The summed E-state index contributed by atoms with van der Waals surface area (Å²) in [5.41, 5.74) is 1.20. The molecule has 2 fully saturated rings. The number of carbonyl (C=O) groups is 1. The predicted molar refractivity (Wildman–Crippen MR) is 87.2 cm³/mol. The zero-order valence-corrected chi connectivity index (χ0v) is 13.9. The zero-order valence-electron chi connectivity index (χ0n) is 13.9. The first-order valence-corrected chi connectivity index (χ1v) is 8.38. The summed E-state index contributed by atoms with van der Waals surface area (Å²) in [6.45, 7) is 1.43. The molecule has 1 heterocycles. The Morgan fingerprint density at radius 2 is 1.91 bits per heavy atom. The van der Waals surface area contributed by atoms with Crippen LogP contribution in [0.15, 0.2) is 18.2 Å². The second-order valence-electron chi connectivity index (χ2n) is 6.34. The van der Waals surface area contributed by atoms with E-state index in [1.807, 2.05) is 6.07 Å². The molecule has 1 aromatic rings. The molecule has 126 valence electrons. The number of benzene rings is 1. The third-order valence-electron chi connectivity index (χ3n) is 4.88. The molecule has 3 rings (SSSR count). The van der Waals surface area contributed by atoms with E-state index < -0.39 is 0 Å². The summed E-state index contributed by atoms with van der Waals surface area (Å²) < 4.78 is 16.4. The summed E-state index contributed by atoms with van der Waals surface area (Å²) in [6, 6.07) is 6.13. The lowest BCUT2D eigenvalue weighted by atomic mass is 9.98. The van der Waals surface area contributed by atoms with Crippen molar-refractivity contribution in [2.45, 2.75) is 44.1 Å². The molecular weight excluding hydrogens is 294 g/mol. The van der Waals surface area contributed by atoms with E-state index in [9.17, 15) is 4.79 Å². The van der Waals surface area contributed by atoms with E-state index in [1.165, 1.54) is 25.5 Å². The van der Waals surface area contributed by atoms with Crippen LogP contribution in [-0.2, 0) is 4.74 Å². The fraction of sp³-hybridized carbons (Fsp3) is 0.611. The van der Waals surface area contributed by atoms with Gasteiger partial charge in [0.25, 0.3) is 0 Å². The molecule has 1 aliphatic heterocycles. The summed E-state index contributed by atoms with van der Waals surface area (Å²) in [7, 11) is 3.10. The molecule has 2 aliphatic rings. The van der Waals surface area contributed by atoms with Crippen LogP contribution in [0.1, 0.15) is 43.6 Å². The van der Waals surface area contributed by atoms with Gasteiger partial charge in [0.1, 0.15) is 0 Å². The van der Waals surface area contributed by atoms with E-state index in [1.54, 1.807) is 12.0 Å². The van der Waals surface area contributed by atoms with Crippen LogP contribution in [-0.4, -0.2) is 44.4 Å². The fourth-order valence-corrected chi connectivity index (χ4v) is 3.55. The van der Waals surface area contributed by atoms with Crippen LogP contribution >= 0.6 is 0 Å². The summed E-state index contributed by atoms with van der Waals surface area (Å²) in [4.78, 5) is 13.4. The molecule has 0 N–H and O–H groups in total. The average Bonchev–Trinajstić information content (AvgIpc) is 3.25. The lowest BCUT2D eigenvalue weighted by molar-refractivity contribution is 0.132. The smallest absolute Gasteiger partial charge is 0.409 e. The number of carbonyl (C=O) groups excluding carboxylic acids is 1. The molecule has 0 aromatic heterocycles. The molecule has 1 amide bonds. The Labute approximate surface area is 137 Å². The van der Waals surface area contributed by atoms with Gasteiger partial charge in [-0.25, -0.2) is 4.79 Å². The van der Waals surface area contributed by atoms with Crippen molar-refractivity contribution in [3.63, 3.8) is 0 Å². The van der Waals surface area contributed by atoms with Gasteiger partial charge in [0, 0.05) is 19.0 Å². The van der Waals surface area contributed by atoms with Gasteiger partial charge in [-0.3, -0.25) is 0 Å². The molecule has 0 spiro atoms. The molecule has 1 aromatic carbocycles. The van der Waals surface area contributed by atoms with Crippen LogP contribution in [0.4, 0.5) is 4.79 Å². The number of methoxy groups -OCH3 is 2. The fourth-order valence-electron chi connectivity index (χ4n) is 3.55. The van der Waals surface area contributed by atoms with Crippen LogP contribution in [0.2, 0.25) is 0 Å². The molecule has 1 unspecified atom stereocenters. The van der Waals surface area contributed by atoms with Gasteiger partial charge >= 0.3 is 6.09 Å². The molecular formula is C18H25NO4. The Morgan fingerprint density at radius 3 is 2.61 bits per heavy atom. The Balaban J connectivity index is 1.74. The first kappa shape index (κ1) is 16.0. The molecule has 23 heavy (non-hydrogen) atoms. The number of nitrogens with zero attached hydrogens (tertiary/aromatic N) is 1. The number of ether oxygens (including phenoxy) is 3. The average molecular weight is 319 g/mol. The minimum Gasteiger partial charge on any atom is -0.493 e. The Kier molecular flexibility index (Phi) is 4.94. The Bertz CT molecular complexity index is 554. The van der Waals surface area contributed by atoms with Crippen molar-refractivity contribution in [3.05, 3.63) is 23.8 Å². The summed E-state index contributed by atoms with van der Waals surface area (Å²) in [6.07, 6.45) is 5.72. The maximum atomic E-state index is 11.6. The summed E-state index contributed by atoms with van der Waals surface area (Å²) in [5.74, 6) is 1.93. The number of hydrogen-bond acceptors (Lipinski definition) is 4. The third-order valence-corrected chi connectivity index (χ3v) is 4.88. The first-order valence-electron chi connectivity index (χ1n) is 8.38. The van der Waals surface area contributed by atoms with Gasteiger partial charge in [-0.15, -0.1) is 0 Å². The lowest BCUT2D eigenvalue weighted by Crippen LogP contribution is -2.28. The van der Waals surface area contributed by atoms with Gasteiger partial charge in [-0.05, 0) is 49.8 Å². The second-order valence-corrected chi connectivity index (χ2v) is 6.34. The third kappa shape index (κ3) is 3.54. The maximum absolute atomic E-state index is 11.6. The minimum atomic E-state index is -0.247. The number of rotatable bonds is 4. The van der Waals surface area contributed by atoms with E-state index >= 15 is 0 Å². The molecule has 5 nitrogen and oxygen atoms in total. The quantitative estimate of drug-likeness (QED) is 0.851. The zero-order chi connectivity index (χ0) is 16.2. The second kappa shape index (κ2) is 7.11. The molecule has 1 aliphatic carbocycles. The first-order chi connectivity index (χ1) is 11.2. The predicted octanol–water partition coefficient (Wildman–Crippen LogP) is 3.57. The van der Waals surface area contributed by atoms with Crippen molar-refractivity contribution in [1.82, 2.24) is 4.90 Å². The molecule has 0 bridgehead atoms. The van der Waals surface area contributed by atoms with Crippen molar-refractivity contribution in [3.8, 4) is 11.5 Å². The van der Waals surface area contributed by atoms with E-state index in [0.717, 1.165) is 37.3 Å². The van der Waals surface area contributed by atoms with Crippen LogP contribution in [0.3, 0.4) is 0 Å². The summed E-state index contributed by atoms with van der Waals surface area (Å²) in [5, 5.41) is 0. The minimum absolute atomic E-state index is 0.247. The van der Waals surface area contributed by atoms with Crippen molar-refractivity contribution in [2.75, 3.05) is 27.3 Å². The van der Waals surface area contributed by atoms with E-state index in [4.69, 9.17) is 14.2 Å². The standard InChI is InChI=1S/C18H25NO4/c1-21-16-8-7-13(11-17(16)23-15-5-3-4-6-15)14-9-10-19(12-14)18(20)22-2/h7-8,11,14-15H,3-6,9-10,12H2,1-2H3. The van der Waals surface area contributed by atoms with Gasteiger partial charge in [-0.1, -0.05) is 6.07 Å². The highest BCUT2D eigenvalue weighted by Crippen LogP contribution is 2.36. The van der Waals surface area contributed by atoms with Gasteiger partial charge in [0.15, 0.2) is 11.5 Å². The lowest BCUT2D eigenvalue weighted by Gasteiger charge is -2.19. The Hall–Kier alpha value is -1.91. The van der Waals surface area contributed by atoms with Crippen molar-refractivity contribution in [1.29, 1.82) is 0 Å². The number of likely N-dealkylation sites (tertiary alicyclic amines) is 1. The van der Waals surface area contributed by atoms with E-state index in [-0.39, 0.29) is 6.09 Å². The highest BCUT2D eigenvalue weighted by molar-refractivity contribution is 5.68. The van der Waals surface area contributed by atoms with E-state index in [0.29, 0.717) is 18.6 Å². The van der Waals surface area contributed by atoms with Gasteiger partial charge < -0.3 is 19.1 Å². The van der Waals surface area contributed by atoms with Crippen LogP contribution in [0.5, 0.6) is 11.5 Å². The maximum Gasteiger partial charge on any atom is 0.409 e. The normalized spacial score (nSPS) is 21.5. The van der Waals surface area contributed by atoms with Gasteiger partial charge in [-0.2, -0.15) is 0 Å². The van der Waals surface area contributed by atoms with Crippen molar-refractivity contribution >= 4 is 6.09 Å². The molecule has 0 radical (unpaired) electrons. The Morgan fingerprint density at radius 1 is 1.13 bits per heavy atom. The number of amides is 1. The van der Waals surface area contributed by atoms with E-state index in [2.05, 4.69) is 12.1 Å². The van der Waals surface area contributed by atoms with Crippen molar-refractivity contribution < 1.29 is 19.0 Å². The number of hydrogen-bond donors (Lipinski definition) is 0. The topological polar surface area (TPSA) is 48.0 Å². The van der Waals surface area contributed by atoms with Gasteiger partial charge in [0.05, 0.1) is 20.3 Å². The summed E-state index contributed by atoms with van der Waals surface area (Å²) >= 11 is 0. The van der Waals surface area contributed by atoms with Crippen molar-refractivity contribution in [2.24, 2.45) is 0 Å². The molecule has 1 saturated heterocycles. The SMILES string of the molecule is COC(=O)N1CCC(c2ccc(OC)c(OC3CCCC3)c2)C1. The molecule has 1 saturated carbocycles. The monoisotopic (exact) mass is 319 g/mol. The van der Waals surface area contributed by atoms with Crippen LogP contribution < -0.4 is 9.47 Å².